The monoisotopic (exact) mass is 338 g/mol. The molecule has 5 heteroatoms. The Hall–Kier alpha value is -2.58. The number of carbonyl (C=O) groups is 2. The lowest BCUT2D eigenvalue weighted by molar-refractivity contribution is -0.130. The molecule has 1 aromatic carbocycles. The van der Waals surface area contributed by atoms with Crippen LogP contribution in [-0.2, 0) is 16.1 Å². The minimum absolute atomic E-state index is 0.0209. The fourth-order valence-electron chi connectivity index (χ4n) is 2.83. The summed E-state index contributed by atoms with van der Waals surface area (Å²) in [5.74, 6) is 2.24. The molecule has 0 saturated carbocycles. The Morgan fingerprint density at radius 3 is 2.96 bits per heavy atom. The van der Waals surface area contributed by atoms with Crippen molar-refractivity contribution >= 4 is 28.8 Å². The first-order valence-corrected chi connectivity index (χ1v) is 8.72. The van der Waals surface area contributed by atoms with Crippen molar-refractivity contribution in [2.75, 3.05) is 11.4 Å². The summed E-state index contributed by atoms with van der Waals surface area (Å²) in [7, 11) is 0. The Labute approximate surface area is 145 Å². The van der Waals surface area contributed by atoms with Crippen LogP contribution in [0.2, 0.25) is 0 Å². The van der Waals surface area contributed by atoms with Crippen molar-refractivity contribution in [1.82, 2.24) is 5.32 Å². The minimum Gasteiger partial charge on any atom is -0.356 e. The van der Waals surface area contributed by atoms with E-state index in [-0.39, 0.29) is 24.2 Å². The van der Waals surface area contributed by atoms with E-state index in [9.17, 15) is 9.59 Å². The Bertz CT molecular complexity index is 777. The third-order valence-electron chi connectivity index (χ3n) is 4.08. The fraction of sp³-hybridized carbons (Fsp3) is 0.263. The van der Waals surface area contributed by atoms with E-state index in [1.165, 1.54) is 0 Å². The molecule has 1 atom stereocenters. The lowest BCUT2D eigenvalue weighted by Crippen LogP contribution is -2.43. The lowest BCUT2D eigenvalue weighted by Gasteiger charge is -2.29. The maximum Gasteiger partial charge on any atom is 0.231 e. The minimum atomic E-state index is -0.284. The Kier molecular flexibility index (Phi) is 4.97. The van der Waals surface area contributed by atoms with Gasteiger partial charge in [0.1, 0.15) is 0 Å². The van der Waals surface area contributed by atoms with Crippen LogP contribution < -0.4 is 10.2 Å². The van der Waals surface area contributed by atoms with Gasteiger partial charge in [-0.1, -0.05) is 18.1 Å². The molecule has 0 radical (unpaired) electrons. The number of thiophene rings is 1. The predicted octanol–water partition coefficient (Wildman–Crippen LogP) is 2.79. The number of amides is 2. The molecule has 4 nitrogen and oxygen atoms in total. The number of nitrogens with zero attached hydrogens (tertiary/aromatic N) is 1. The van der Waals surface area contributed by atoms with Crippen LogP contribution >= 0.6 is 11.3 Å². The van der Waals surface area contributed by atoms with E-state index in [1.807, 2.05) is 41.8 Å². The Morgan fingerprint density at radius 1 is 1.38 bits per heavy atom. The number of benzene rings is 1. The average Bonchev–Trinajstić information content (AvgIpc) is 3.12. The van der Waals surface area contributed by atoms with Gasteiger partial charge in [-0.25, -0.2) is 0 Å². The van der Waals surface area contributed by atoms with Crippen molar-refractivity contribution < 1.29 is 9.59 Å². The number of hydrogen-bond acceptors (Lipinski definition) is 3. The molecule has 2 heterocycles. The third-order valence-corrected chi connectivity index (χ3v) is 4.94. The van der Waals surface area contributed by atoms with E-state index in [0.29, 0.717) is 19.5 Å². The van der Waals surface area contributed by atoms with Crippen molar-refractivity contribution in [3.63, 3.8) is 0 Å². The van der Waals surface area contributed by atoms with Gasteiger partial charge in [0.05, 0.1) is 6.54 Å². The summed E-state index contributed by atoms with van der Waals surface area (Å²) in [4.78, 5) is 27.6. The first-order chi connectivity index (χ1) is 11.7. The number of hydrogen-bond donors (Lipinski definition) is 1. The van der Waals surface area contributed by atoms with Gasteiger partial charge >= 0.3 is 0 Å². The summed E-state index contributed by atoms with van der Waals surface area (Å²) in [6.07, 6.45) is 6.40. The van der Waals surface area contributed by atoms with Gasteiger partial charge in [-0.15, -0.1) is 17.8 Å². The van der Waals surface area contributed by atoms with Crippen molar-refractivity contribution in [3.8, 4) is 12.3 Å². The van der Waals surface area contributed by atoms with Gasteiger partial charge in [0.2, 0.25) is 11.8 Å². The molecule has 1 saturated heterocycles. The predicted molar refractivity (Wildman–Crippen MR) is 95.6 cm³/mol. The van der Waals surface area contributed by atoms with Gasteiger partial charge in [-0.2, -0.15) is 0 Å². The van der Waals surface area contributed by atoms with Crippen molar-refractivity contribution in [1.29, 1.82) is 0 Å². The zero-order valence-electron chi connectivity index (χ0n) is 13.2. The maximum absolute atomic E-state index is 13.1. The van der Waals surface area contributed by atoms with E-state index in [0.717, 1.165) is 16.1 Å². The van der Waals surface area contributed by atoms with Gasteiger partial charge in [0, 0.05) is 35.0 Å². The summed E-state index contributed by atoms with van der Waals surface area (Å²) in [5.41, 5.74) is 1.51. The largest absolute Gasteiger partial charge is 0.356 e. The lowest BCUT2D eigenvalue weighted by atomic mass is 9.95. The van der Waals surface area contributed by atoms with Crippen molar-refractivity contribution in [2.24, 2.45) is 5.92 Å². The zero-order chi connectivity index (χ0) is 16.9. The van der Waals surface area contributed by atoms with Crippen LogP contribution in [0.15, 0.2) is 41.8 Å². The molecular weight excluding hydrogens is 320 g/mol. The molecule has 0 aliphatic carbocycles. The maximum atomic E-state index is 13.1. The van der Waals surface area contributed by atoms with Gasteiger partial charge in [0.15, 0.2) is 0 Å². The molecule has 1 aromatic heterocycles. The van der Waals surface area contributed by atoms with E-state index >= 15 is 0 Å². The topological polar surface area (TPSA) is 49.4 Å². The molecule has 122 valence electrons. The van der Waals surface area contributed by atoms with Crippen molar-refractivity contribution in [2.45, 2.75) is 19.4 Å². The van der Waals surface area contributed by atoms with Gasteiger partial charge in [-0.3, -0.25) is 9.59 Å². The highest BCUT2D eigenvalue weighted by Gasteiger charge is 2.30. The molecule has 0 bridgehead atoms. The molecule has 1 aliphatic rings. The summed E-state index contributed by atoms with van der Waals surface area (Å²) >= 11 is 1.61. The molecule has 1 unspecified atom stereocenters. The summed E-state index contributed by atoms with van der Waals surface area (Å²) < 4.78 is 0. The highest BCUT2D eigenvalue weighted by molar-refractivity contribution is 7.09. The van der Waals surface area contributed by atoms with Crippen molar-refractivity contribution in [3.05, 3.63) is 52.2 Å². The first-order valence-electron chi connectivity index (χ1n) is 7.84. The van der Waals surface area contributed by atoms with Crippen LogP contribution in [0, 0.1) is 18.3 Å². The SMILES string of the molecule is C#Cc1cccc(N(Cc2cccs2)C(=O)C2CCNC(=O)C2)c1. The second kappa shape index (κ2) is 7.33. The van der Waals surface area contributed by atoms with Crippen LogP contribution in [0.1, 0.15) is 23.3 Å². The number of piperidine rings is 1. The van der Waals surface area contributed by atoms with Gasteiger partial charge in [0.25, 0.3) is 0 Å². The van der Waals surface area contributed by atoms with Crippen LogP contribution in [0.4, 0.5) is 5.69 Å². The molecule has 0 spiro atoms. The van der Waals surface area contributed by atoms with Crippen LogP contribution in [-0.4, -0.2) is 18.4 Å². The van der Waals surface area contributed by atoms with Gasteiger partial charge < -0.3 is 10.2 Å². The molecular formula is C19H18N2O2S. The van der Waals surface area contributed by atoms with Crippen LogP contribution in [0.25, 0.3) is 0 Å². The van der Waals surface area contributed by atoms with E-state index in [2.05, 4.69) is 11.2 Å². The number of nitrogens with one attached hydrogen (secondary N) is 1. The number of terminal acetylenes is 1. The molecule has 1 fully saturated rings. The normalized spacial score (nSPS) is 17.0. The second-order valence-corrected chi connectivity index (χ2v) is 6.77. The average molecular weight is 338 g/mol. The smallest absolute Gasteiger partial charge is 0.231 e. The third kappa shape index (κ3) is 3.66. The number of rotatable bonds is 4. The zero-order valence-corrected chi connectivity index (χ0v) is 14.0. The standard InChI is InChI=1S/C19H18N2O2S/c1-2-14-5-3-6-16(11-14)21(13-17-7-4-10-24-17)19(23)15-8-9-20-18(22)12-15/h1,3-7,10-11,15H,8-9,12-13H2,(H,20,22). The summed E-state index contributed by atoms with van der Waals surface area (Å²) in [5, 5.41) is 4.77. The molecule has 1 aliphatic heterocycles. The molecule has 2 aromatic rings. The van der Waals surface area contributed by atoms with E-state index in [1.54, 1.807) is 16.2 Å². The van der Waals surface area contributed by atoms with E-state index in [4.69, 9.17) is 6.42 Å². The fourth-order valence-corrected chi connectivity index (χ4v) is 3.53. The molecule has 3 rings (SSSR count). The van der Waals surface area contributed by atoms with Gasteiger partial charge in [-0.05, 0) is 36.1 Å². The number of anilines is 1. The quantitative estimate of drug-likeness (QED) is 0.872. The first kappa shape index (κ1) is 16.3. The number of carbonyl (C=O) groups excluding carboxylic acids is 2. The highest BCUT2D eigenvalue weighted by atomic mass is 32.1. The highest BCUT2D eigenvalue weighted by Crippen LogP contribution is 2.25. The molecule has 24 heavy (non-hydrogen) atoms. The molecule has 2 amide bonds. The Balaban J connectivity index is 1.90. The second-order valence-electron chi connectivity index (χ2n) is 5.74. The summed E-state index contributed by atoms with van der Waals surface area (Å²) in [6.45, 7) is 1.04. The van der Waals surface area contributed by atoms with Crippen LogP contribution in [0.5, 0.6) is 0 Å². The Morgan fingerprint density at radius 2 is 2.25 bits per heavy atom. The molecule has 1 N–H and O–H groups in total. The van der Waals surface area contributed by atoms with E-state index < -0.39 is 0 Å². The van der Waals surface area contributed by atoms with Crippen LogP contribution in [0.3, 0.4) is 0 Å². The summed E-state index contributed by atoms with van der Waals surface area (Å²) in [6, 6.07) is 11.4.